The van der Waals surface area contributed by atoms with E-state index in [-0.39, 0.29) is 11.7 Å². The van der Waals surface area contributed by atoms with Crippen molar-refractivity contribution >= 4 is 18.5 Å². The lowest BCUT2D eigenvalue weighted by Gasteiger charge is -2.16. The van der Waals surface area contributed by atoms with E-state index >= 15 is 0 Å². The Kier molecular flexibility index (Phi) is 3.49. The minimum atomic E-state index is -0.255. The zero-order chi connectivity index (χ0) is 11.5. The number of carbonyl (C=O) groups excluding carboxylic acids is 1. The fraction of sp³-hybridized carbons (Fsp3) is 0.417. The molecule has 1 saturated heterocycles. The Hall–Kier alpha value is -1.03. The summed E-state index contributed by atoms with van der Waals surface area (Å²) >= 11 is 4.20. The summed E-state index contributed by atoms with van der Waals surface area (Å²) < 4.78 is 13.0. The second-order valence-corrected chi connectivity index (χ2v) is 4.52. The molecule has 2 rings (SSSR count). The molecule has 1 aliphatic rings. The second-order valence-electron chi connectivity index (χ2n) is 4.16. The number of benzene rings is 1. The molecule has 0 aromatic heterocycles. The standard InChI is InChI=1S/C12H14FNOS/c13-11-3-1-2-9(4-11)6-14-7-10(8-16)5-12(14)15/h1-4,10,16H,5-8H2. The maximum absolute atomic E-state index is 13.0. The average molecular weight is 239 g/mol. The fourth-order valence-corrected chi connectivity index (χ4v) is 2.23. The van der Waals surface area contributed by atoms with E-state index in [1.54, 1.807) is 11.0 Å². The van der Waals surface area contributed by atoms with Crippen LogP contribution in [0.3, 0.4) is 0 Å². The summed E-state index contributed by atoms with van der Waals surface area (Å²) in [6.45, 7) is 1.24. The van der Waals surface area contributed by atoms with Crippen LogP contribution in [0.25, 0.3) is 0 Å². The van der Waals surface area contributed by atoms with E-state index in [1.807, 2.05) is 6.07 Å². The van der Waals surface area contributed by atoms with Crippen molar-refractivity contribution in [1.29, 1.82) is 0 Å². The Balaban J connectivity index is 2.03. The number of halogens is 1. The molecule has 0 aliphatic carbocycles. The maximum atomic E-state index is 13.0. The fourth-order valence-electron chi connectivity index (χ4n) is 1.98. The van der Waals surface area contributed by atoms with E-state index in [0.29, 0.717) is 18.9 Å². The number of hydrogen-bond donors (Lipinski definition) is 1. The summed E-state index contributed by atoms with van der Waals surface area (Å²) in [4.78, 5) is 13.4. The van der Waals surface area contributed by atoms with Gasteiger partial charge in [-0.25, -0.2) is 4.39 Å². The summed E-state index contributed by atoms with van der Waals surface area (Å²) in [6.07, 6.45) is 0.568. The number of carbonyl (C=O) groups is 1. The van der Waals surface area contributed by atoms with E-state index in [1.165, 1.54) is 12.1 Å². The van der Waals surface area contributed by atoms with Crippen molar-refractivity contribution in [2.24, 2.45) is 5.92 Å². The van der Waals surface area contributed by atoms with Crippen molar-refractivity contribution in [3.63, 3.8) is 0 Å². The molecule has 86 valence electrons. The monoisotopic (exact) mass is 239 g/mol. The lowest BCUT2D eigenvalue weighted by atomic mass is 10.1. The van der Waals surface area contributed by atoms with E-state index < -0.39 is 0 Å². The molecule has 1 unspecified atom stereocenters. The largest absolute Gasteiger partial charge is 0.338 e. The average Bonchev–Trinajstić information content (AvgIpc) is 2.60. The molecule has 1 aromatic rings. The lowest BCUT2D eigenvalue weighted by Crippen LogP contribution is -2.24. The quantitative estimate of drug-likeness (QED) is 0.801. The van der Waals surface area contributed by atoms with Crippen molar-refractivity contribution in [3.05, 3.63) is 35.6 Å². The minimum Gasteiger partial charge on any atom is -0.338 e. The highest BCUT2D eigenvalue weighted by Crippen LogP contribution is 2.21. The molecule has 1 amide bonds. The van der Waals surface area contributed by atoms with Crippen LogP contribution in [-0.2, 0) is 11.3 Å². The first kappa shape index (κ1) is 11.5. The zero-order valence-electron chi connectivity index (χ0n) is 8.90. The van der Waals surface area contributed by atoms with Gasteiger partial charge in [0.05, 0.1) is 0 Å². The van der Waals surface area contributed by atoms with Gasteiger partial charge in [0.1, 0.15) is 5.82 Å². The summed E-state index contributed by atoms with van der Waals surface area (Å²) in [5.74, 6) is 0.952. The van der Waals surface area contributed by atoms with Gasteiger partial charge in [-0.2, -0.15) is 12.6 Å². The molecular weight excluding hydrogens is 225 g/mol. The molecule has 1 aromatic carbocycles. The Morgan fingerprint density at radius 2 is 2.31 bits per heavy atom. The number of nitrogens with zero attached hydrogens (tertiary/aromatic N) is 1. The molecule has 0 saturated carbocycles. The molecule has 0 spiro atoms. The zero-order valence-corrected chi connectivity index (χ0v) is 9.79. The second kappa shape index (κ2) is 4.87. The molecule has 1 fully saturated rings. The first-order valence-electron chi connectivity index (χ1n) is 5.32. The molecular formula is C12H14FNOS. The molecule has 2 nitrogen and oxygen atoms in total. The normalized spacial score (nSPS) is 20.5. The van der Waals surface area contributed by atoms with Gasteiger partial charge in [-0.15, -0.1) is 0 Å². The minimum absolute atomic E-state index is 0.142. The van der Waals surface area contributed by atoms with Gasteiger partial charge in [-0.1, -0.05) is 12.1 Å². The van der Waals surface area contributed by atoms with Crippen molar-refractivity contribution in [2.45, 2.75) is 13.0 Å². The van der Waals surface area contributed by atoms with Gasteiger partial charge in [-0.3, -0.25) is 4.79 Å². The summed E-state index contributed by atoms with van der Waals surface area (Å²) in [5, 5.41) is 0. The third kappa shape index (κ3) is 2.55. The molecule has 0 N–H and O–H groups in total. The van der Waals surface area contributed by atoms with Crippen LogP contribution >= 0.6 is 12.6 Å². The SMILES string of the molecule is O=C1CC(CS)CN1Cc1cccc(F)c1. The molecule has 1 heterocycles. The van der Waals surface area contributed by atoms with Gasteiger partial charge >= 0.3 is 0 Å². The van der Waals surface area contributed by atoms with Crippen LogP contribution in [0, 0.1) is 11.7 Å². The van der Waals surface area contributed by atoms with Gasteiger partial charge in [0.15, 0.2) is 0 Å². The van der Waals surface area contributed by atoms with Crippen LogP contribution in [-0.4, -0.2) is 23.1 Å². The van der Waals surface area contributed by atoms with E-state index in [4.69, 9.17) is 0 Å². The van der Waals surface area contributed by atoms with Gasteiger partial charge in [0.2, 0.25) is 5.91 Å². The van der Waals surface area contributed by atoms with E-state index in [9.17, 15) is 9.18 Å². The van der Waals surface area contributed by atoms with E-state index in [2.05, 4.69) is 12.6 Å². The smallest absolute Gasteiger partial charge is 0.223 e. The summed E-state index contributed by atoms with van der Waals surface area (Å²) in [5.41, 5.74) is 0.841. The van der Waals surface area contributed by atoms with Crippen molar-refractivity contribution in [2.75, 3.05) is 12.3 Å². The van der Waals surface area contributed by atoms with Crippen LogP contribution in [0.15, 0.2) is 24.3 Å². The summed E-state index contributed by atoms with van der Waals surface area (Å²) in [7, 11) is 0. The molecule has 4 heteroatoms. The molecule has 0 radical (unpaired) electrons. The molecule has 16 heavy (non-hydrogen) atoms. The van der Waals surface area contributed by atoms with Gasteiger partial charge in [0, 0.05) is 19.5 Å². The number of hydrogen-bond acceptors (Lipinski definition) is 2. The van der Waals surface area contributed by atoms with Crippen LogP contribution in [0.1, 0.15) is 12.0 Å². The van der Waals surface area contributed by atoms with Gasteiger partial charge < -0.3 is 4.90 Å². The van der Waals surface area contributed by atoms with Gasteiger partial charge in [-0.05, 0) is 29.4 Å². The predicted molar refractivity (Wildman–Crippen MR) is 63.8 cm³/mol. The van der Waals surface area contributed by atoms with Crippen molar-refractivity contribution in [3.8, 4) is 0 Å². The van der Waals surface area contributed by atoms with Crippen LogP contribution in [0.5, 0.6) is 0 Å². The Morgan fingerprint density at radius 3 is 2.94 bits per heavy atom. The van der Waals surface area contributed by atoms with Crippen molar-refractivity contribution < 1.29 is 9.18 Å². The summed E-state index contributed by atoms with van der Waals surface area (Å²) in [6, 6.07) is 6.39. The number of amides is 1. The van der Waals surface area contributed by atoms with Crippen LogP contribution < -0.4 is 0 Å². The highest BCUT2D eigenvalue weighted by molar-refractivity contribution is 7.80. The molecule has 0 bridgehead atoms. The number of rotatable bonds is 3. The first-order valence-corrected chi connectivity index (χ1v) is 5.95. The Bertz CT molecular complexity index is 396. The lowest BCUT2D eigenvalue weighted by molar-refractivity contribution is -0.128. The van der Waals surface area contributed by atoms with E-state index in [0.717, 1.165) is 17.9 Å². The highest BCUT2D eigenvalue weighted by Gasteiger charge is 2.28. The number of thiol groups is 1. The maximum Gasteiger partial charge on any atom is 0.223 e. The first-order chi connectivity index (χ1) is 7.69. The topological polar surface area (TPSA) is 20.3 Å². The van der Waals surface area contributed by atoms with Crippen LogP contribution in [0.2, 0.25) is 0 Å². The Labute approximate surface area is 99.9 Å². The van der Waals surface area contributed by atoms with Crippen molar-refractivity contribution in [1.82, 2.24) is 4.90 Å². The van der Waals surface area contributed by atoms with Gasteiger partial charge in [0.25, 0.3) is 0 Å². The third-order valence-corrected chi connectivity index (χ3v) is 3.33. The van der Waals surface area contributed by atoms with Crippen LogP contribution in [0.4, 0.5) is 4.39 Å². The predicted octanol–water partition coefficient (Wildman–Crippen LogP) is 2.10. The molecule has 1 atom stereocenters. The third-order valence-electron chi connectivity index (χ3n) is 2.82. The highest BCUT2D eigenvalue weighted by atomic mass is 32.1. The number of likely N-dealkylation sites (tertiary alicyclic amines) is 1. The Morgan fingerprint density at radius 1 is 1.50 bits per heavy atom. The molecule has 1 aliphatic heterocycles.